The summed E-state index contributed by atoms with van der Waals surface area (Å²) in [6.07, 6.45) is 0. The molecule has 6 nitrogen and oxygen atoms in total. The summed E-state index contributed by atoms with van der Waals surface area (Å²) in [5.41, 5.74) is 1.58. The molecule has 0 spiro atoms. The first kappa shape index (κ1) is 13.8. The van der Waals surface area contributed by atoms with Gasteiger partial charge in [0.2, 0.25) is 0 Å². The molecule has 0 unspecified atom stereocenters. The minimum absolute atomic E-state index is 0.294. The van der Waals surface area contributed by atoms with Gasteiger partial charge in [0.05, 0.1) is 0 Å². The fraction of sp³-hybridized carbons (Fsp3) is 0.214. The third-order valence-corrected chi connectivity index (χ3v) is 2.79. The highest BCUT2D eigenvalue weighted by molar-refractivity contribution is 6.01. The standard InChI is InChI=1S/C14H16N4O2/c1-3-18(11-6-4-5-10(2)9-11)14(20)15-12-7-8-13(19)17-16-12/h4-9H,3H2,1-2H3,(H,17,19)(H,15,16,20). The Balaban J connectivity index is 2.17. The quantitative estimate of drug-likeness (QED) is 0.898. The maximum Gasteiger partial charge on any atom is 0.327 e. The Kier molecular flexibility index (Phi) is 4.14. The molecular weight excluding hydrogens is 256 g/mol. The molecule has 0 aliphatic rings. The predicted octanol–water partition coefficient (Wildman–Crippen LogP) is 2.14. The summed E-state index contributed by atoms with van der Waals surface area (Å²) in [5, 5.41) is 8.67. The number of H-pyrrole nitrogens is 1. The number of hydrogen-bond acceptors (Lipinski definition) is 3. The van der Waals surface area contributed by atoms with Crippen LogP contribution in [0.15, 0.2) is 41.2 Å². The first-order valence-corrected chi connectivity index (χ1v) is 6.31. The van der Waals surface area contributed by atoms with E-state index in [-0.39, 0.29) is 11.6 Å². The molecule has 2 rings (SSSR count). The van der Waals surface area contributed by atoms with Gasteiger partial charge in [-0.25, -0.2) is 9.89 Å². The number of nitrogens with zero attached hydrogens (tertiary/aromatic N) is 2. The highest BCUT2D eigenvalue weighted by atomic mass is 16.2. The first-order valence-electron chi connectivity index (χ1n) is 6.31. The highest BCUT2D eigenvalue weighted by Gasteiger charge is 2.14. The molecule has 2 N–H and O–H groups in total. The summed E-state index contributed by atoms with van der Waals surface area (Å²) in [4.78, 5) is 24.7. The zero-order valence-corrected chi connectivity index (χ0v) is 11.4. The van der Waals surface area contributed by atoms with Crippen LogP contribution >= 0.6 is 0 Å². The van der Waals surface area contributed by atoms with Gasteiger partial charge in [0.25, 0.3) is 5.56 Å². The normalized spacial score (nSPS) is 10.1. The van der Waals surface area contributed by atoms with Crippen LogP contribution < -0.4 is 15.8 Å². The minimum Gasteiger partial charge on any atom is -0.294 e. The molecule has 2 amide bonds. The Hall–Kier alpha value is -2.63. The van der Waals surface area contributed by atoms with Crippen molar-refractivity contribution in [2.75, 3.05) is 16.8 Å². The lowest BCUT2D eigenvalue weighted by atomic mass is 10.2. The Morgan fingerprint density at radius 1 is 1.35 bits per heavy atom. The molecule has 0 atom stereocenters. The van der Waals surface area contributed by atoms with Gasteiger partial charge in [0.15, 0.2) is 5.82 Å². The lowest BCUT2D eigenvalue weighted by molar-refractivity contribution is 0.257. The Labute approximate surface area is 116 Å². The van der Waals surface area contributed by atoms with Gasteiger partial charge in [-0.15, -0.1) is 0 Å². The van der Waals surface area contributed by atoms with Gasteiger partial charge >= 0.3 is 6.03 Å². The molecular formula is C14H16N4O2. The molecule has 0 aliphatic carbocycles. The second kappa shape index (κ2) is 6.01. The van der Waals surface area contributed by atoms with Crippen molar-refractivity contribution >= 4 is 17.5 Å². The average molecular weight is 272 g/mol. The van der Waals surface area contributed by atoms with E-state index in [9.17, 15) is 9.59 Å². The number of carbonyl (C=O) groups excluding carboxylic acids is 1. The molecule has 20 heavy (non-hydrogen) atoms. The number of benzene rings is 1. The fourth-order valence-electron chi connectivity index (χ4n) is 1.83. The molecule has 0 saturated carbocycles. The van der Waals surface area contributed by atoms with Crippen LogP contribution in [-0.2, 0) is 0 Å². The first-order chi connectivity index (χ1) is 9.60. The lowest BCUT2D eigenvalue weighted by Gasteiger charge is -2.21. The van der Waals surface area contributed by atoms with E-state index in [0.29, 0.717) is 12.4 Å². The van der Waals surface area contributed by atoms with E-state index < -0.39 is 0 Å². The number of aromatic nitrogens is 2. The number of anilines is 2. The van der Waals surface area contributed by atoms with Gasteiger partial charge in [-0.2, -0.15) is 5.10 Å². The second-order valence-electron chi connectivity index (χ2n) is 4.32. The largest absolute Gasteiger partial charge is 0.327 e. The van der Waals surface area contributed by atoms with Crippen molar-refractivity contribution in [2.24, 2.45) is 0 Å². The van der Waals surface area contributed by atoms with Crippen LogP contribution in [0.4, 0.5) is 16.3 Å². The lowest BCUT2D eigenvalue weighted by Crippen LogP contribution is -2.35. The van der Waals surface area contributed by atoms with Crippen molar-refractivity contribution in [3.63, 3.8) is 0 Å². The van der Waals surface area contributed by atoms with Crippen molar-refractivity contribution in [2.45, 2.75) is 13.8 Å². The van der Waals surface area contributed by atoms with Crippen molar-refractivity contribution in [3.05, 3.63) is 52.3 Å². The van der Waals surface area contributed by atoms with Gasteiger partial charge in [0.1, 0.15) is 0 Å². The van der Waals surface area contributed by atoms with E-state index in [1.807, 2.05) is 38.1 Å². The SMILES string of the molecule is CCN(C(=O)Nc1ccc(=O)[nH]n1)c1cccc(C)c1. The monoisotopic (exact) mass is 272 g/mol. The van der Waals surface area contributed by atoms with Gasteiger partial charge in [-0.1, -0.05) is 12.1 Å². The van der Waals surface area contributed by atoms with Crippen molar-refractivity contribution in [3.8, 4) is 0 Å². The number of carbonyl (C=O) groups is 1. The van der Waals surface area contributed by atoms with E-state index in [0.717, 1.165) is 11.3 Å². The third kappa shape index (κ3) is 3.23. The topological polar surface area (TPSA) is 78.1 Å². The number of amides is 2. The number of nitrogens with one attached hydrogen (secondary N) is 2. The molecule has 0 saturated heterocycles. The number of aromatic amines is 1. The Bertz CT molecular complexity index is 646. The number of rotatable bonds is 3. The van der Waals surface area contributed by atoms with Crippen LogP contribution in [-0.4, -0.2) is 22.8 Å². The zero-order valence-electron chi connectivity index (χ0n) is 11.4. The van der Waals surface area contributed by atoms with Crippen molar-refractivity contribution in [1.82, 2.24) is 10.2 Å². The van der Waals surface area contributed by atoms with Crippen LogP contribution in [0.25, 0.3) is 0 Å². The Morgan fingerprint density at radius 2 is 2.15 bits per heavy atom. The zero-order chi connectivity index (χ0) is 14.5. The number of hydrogen-bond donors (Lipinski definition) is 2. The summed E-state index contributed by atoms with van der Waals surface area (Å²) in [5.74, 6) is 0.306. The number of urea groups is 1. The van der Waals surface area contributed by atoms with Gasteiger partial charge in [0, 0.05) is 18.3 Å². The van der Waals surface area contributed by atoms with Crippen LogP contribution in [0.3, 0.4) is 0 Å². The third-order valence-electron chi connectivity index (χ3n) is 2.79. The summed E-state index contributed by atoms with van der Waals surface area (Å²) < 4.78 is 0. The molecule has 104 valence electrons. The minimum atomic E-state index is -0.311. The highest BCUT2D eigenvalue weighted by Crippen LogP contribution is 2.16. The van der Waals surface area contributed by atoms with Crippen molar-refractivity contribution in [1.29, 1.82) is 0 Å². The predicted molar refractivity (Wildman–Crippen MR) is 78.1 cm³/mol. The molecule has 1 aromatic carbocycles. The summed E-state index contributed by atoms with van der Waals surface area (Å²) in [6, 6.07) is 10.2. The molecule has 1 aromatic heterocycles. The van der Waals surface area contributed by atoms with Crippen LogP contribution in [0.5, 0.6) is 0 Å². The molecule has 2 aromatic rings. The fourth-order valence-corrected chi connectivity index (χ4v) is 1.83. The molecule has 0 aliphatic heterocycles. The molecule has 1 heterocycles. The molecule has 0 bridgehead atoms. The van der Waals surface area contributed by atoms with Crippen LogP contribution in [0.2, 0.25) is 0 Å². The van der Waals surface area contributed by atoms with E-state index in [1.54, 1.807) is 4.90 Å². The summed E-state index contributed by atoms with van der Waals surface area (Å²) in [7, 11) is 0. The van der Waals surface area contributed by atoms with Crippen molar-refractivity contribution < 1.29 is 4.79 Å². The van der Waals surface area contributed by atoms with Gasteiger partial charge < -0.3 is 0 Å². The van der Waals surface area contributed by atoms with E-state index in [2.05, 4.69) is 15.5 Å². The summed E-state index contributed by atoms with van der Waals surface area (Å²) >= 11 is 0. The second-order valence-corrected chi connectivity index (χ2v) is 4.32. The van der Waals surface area contributed by atoms with Crippen LogP contribution in [0, 0.1) is 6.92 Å². The van der Waals surface area contributed by atoms with E-state index in [4.69, 9.17) is 0 Å². The molecule has 0 fully saturated rings. The summed E-state index contributed by atoms with van der Waals surface area (Å²) in [6.45, 7) is 4.39. The van der Waals surface area contributed by atoms with Gasteiger partial charge in [-0.05, 0) is 37.6 Å². The maximum atomic E-state index is 12.2. The Morgan fingerprint density at radius 3 is 2.75 bits per heavy atom. The molecule has 6 heteroatoms. The van der Waals surface area contributed by atoms with Gasteiger partial charge in [-0.3, -0.25) is 15.0 Å². The smallest absolute Gasteiger partial charge is 0.294 e. The van der Waals surface area contributed by atoms with E-state index in [1.165, 1.54) is 12.1 Å². The average Bonchev–Trinajstić information content (AvgIpc) is 2.42. The van der Waals surface area contributed by atoms with Crippen LogP contribution in [0.1, 0.15) is 12.5 Å². The van der Waals surface area contributed by atoms with E-state index >= 15 is 0 Å². The maximum absolute atomic E-state index is 12.2. The number of aryl methyl sites for hydroxylation is 1. The molecule has 0 radical (unpaired) electrons.